The highest BCUT2D eigenvalue weighted by Gasteiger charge is 2.26. The van der Waals surface area contributed by atoms with E-state index in [4.69, 9.17) is 9.72 Å². The number of carbonyl (C=O) groups is 1. The predicted octanol–water partition coefficient (Wildman–Crippen LogP) is 4.54. The van der Waals surface area contributed by atoms with Crippen LogP contribution in [0.4, 0.5) is 5.95 Å². The van der Waals surface area contributed by atoms with Gasteiger partial charge in [0, 0.05) is 19.6 Å². The van der Waals surface area contributed by atoms with E-state index in [1.54, 1.807) is 19.2 Å². The highest BCUT2D eigenvalue weighted by molar-refractivity contribution is 5.93. The molecule has 1 aliphatic heterocycles. The number of fused-ring (bicyclic) bond motifs is 1. The van der Waals surface area contributed by atoms with Crippen LogP contribution in [-0.4, -0.2) is 40.8 Å². The van der Waals surface area contributed by atoms with Crippen molar-refractivity contribution in [2.75, 3.05) is 25.1 Å². The number of piperidine rings is 1. The molecular weight excluding hydrogens is 366 g/mol. The van der Waals surface area contributed by atoms with E-state index in [1.807, 2.05) is 18.2 Å². The summed E-state index contributed by atoms with van der Waals surface area (Å²) in [5.41, 5.74) is 3.31. The third-order valence-corrected chi connectivity index (χ3v) is 5.78. The molecule has 1 saturated heterocycles. The molecule has 1 aliphatic rings. The smallest absolute Gasteiger partial charge is 0.335 e. The third-order valence-electron chi connectivity index (χ3n) is 5.78. The van der Waals surface area contributed by atoms with E-state index >= 15 is 0 Å². The molecule has 0 aliphatic carbocycles. The largest absolute Gasteiger partial charge is 0.496 e. The molecule has 2 aromatic carbocycles. The van der Waals surface area contributed by atoms with Crippen LogP contribution in [0, 0.1) is 0 Å². The van der Waals surface area contributed by atoms with Crippen LogP contribution in [0.2, 0.25) is 0 Å². The van der Waals surface area contributed by atoms with Gasteiger partial charge in [-0.05, 0) is 55.0 Å². The van der Waals surface area contributed by atoms with Crippen molar-refractivity contribution in [2.24, 2.45) is 0 Å². The minimum absolute atomic E-state index is 0.278. The van der Waals surface area contributed by atoms with Gasteiger partial charge in [-0.25, -0.2) is 9.78 Å². The lowest BCUT2D eigenvalue weighted by Gasteiger charge is -2.33. The molecule has 2 heterocycles. The molecule has 29 heavy (non-hydrogen) atoms. The fourth-order valence-corrected chi connectivity index (χ4v) is 4.33. The van der Waals surface area contributed by atoms with Crippen molar-refractivity contribution in [1.29, 1.82) is 0 Å². The highest BCUT2D eigenvalue weighted by atomic mass is 16.5. The average molecular weight is 393 g/mol. The first-order chi connectivity index (χ1) is 14.1. The van der Waals surface area contributed by atoms with E-state index in [0.717, 1.165) is 61.6 Å². The third kappa shape index (κ3) is 3.67. The fourth-order valence-electron chi connectivity index (χ4n) is 4.33. The van der Waals surface area contributed by atoms with Gasteiger partial charge in [-0.15, -0.1) is 0 Å². The van der Waals surface area contributed by atoms with Crippen molar-refractivity contribution in [3.05, 3.63) is 53.6 Å². The Morgan fingerprint density at radius 3 is 2.66 bits per heavy atom. The number of hydrogen-bond donors (Lipinski definition) is 1. The maximum Gasteiger partial charge on any atom is 0.335 e. The Morgan fingerprint density at radius 1 is 1.21 bits per heavy atom. The summed E-state index contributed by atoms with van der Waals surface area (Å²) in [5, 5.41) is 9.30. The number of imidazole rings is 1. The van der Waals surface area contributed by atoms with Crippen LogP contribution in [0.25, 0.3) is 11.0 Å². The summed E-state index contributed by atoms with van der Waals surface area (Å²) in [6.07, 6.45) is 3.07. The average Bonchev–Trinajstić information content (AvgIpc) is 3.12. The summed E-state index contributed by atoms with van der Waals surface area (Å²) >= 11 is 0. The maximum absolute atomic E-state index is 11.3. The van der Waals surface area contributed by atoms with Crippen LogP contribution in [0.3, 0.4) is 0 Å². The minimum atomic E-state index is -0.920. The second-order valence-corrected chi connectivity index (χ2v) is 7.58. The standard InChI is InChI=1S/C23H27N3O3/c1-3-12-26-20-9-8-17(22(27)28)15-19(20)24-23(26)25-13-10-16(11-14-25)18-6-4-5-7-21(18)29-2/h4-9,15-16H,3,10-14H2,1-2H3,(H,27,28). The van der Waals surface area contributed by atoms with Crippen molar-refractivity contribution in [1.82, 2.24) is 9.55 Å². The lowest BCUT2D eigenvalue weighted by atomic mass is 9.89. The van der Waals surface area contributed by atoms with Gasteiger partial charge in [0.05, 0.1) is 23.7 Å². The first kappa shape index (κ1) is 19.3. The molecule has 152 valence electrons. The molecule has 3 aromatic rings. The van der Waals surface area contributed by atoms with Crippen molar-refractivity contribution in [3.63, 3.8) is 0 Å². The summed E-state index contributed by atoms with van der Waals surface area (Å²) < 4.78 is 7.78. The lowest BCUT2D eigenvalue weighted by molar-refractivity contribution is 0.0697. The maximum atomic E-state index is 11.3. The van der Waals surface area contributed by atoms with Gasteiger partial charge >= 0.3 is 5.97 Å². The zero-order valence-corrected chi connectivity index (χ0v) is 17.0. The van der Waals surface area contributed by atoms with Gasteiger partial charge in [-0.2, -0.15) is 0 Å². The molecule has 6 heteroatoms. The van der Waals surface area contributed by atoms with Crippen LogP contribution in [0.5, 0.6) is 5.75 Å². The number of hydrogen-bond acceptors (Lipinski definition) is 4. The molecule has 1 N–H and O–H groups in total. The van der Waals surface area contributed by atoms with Crippen molar-refractivity contribution >= 4 is 23.0 Å². The van der Waals surface area contributed by atoms with Gasteiger partial charge in [-0.3, -0.25) is 0 Å². The summed E-state index contributed by atoms with van der Waals surface area (Å²) in [5.74, 6) is 1.47. The van der Waals surface area contributed by atoms with Crippen LogP contribution in [0.15, 0.2) is 42.5 Å². The van der Waals surface area contributed by atoms with Gasteiger partial charge in [0.25, 0.3) is 0 Å². The fraction of sp³-hybridized carbons (Fsp3) is 0.391. The van der Waals surface area contributed by atoms with Crippen LogP contribution in [0.1, 0.15) is 48.0 Å². The molecule has 1 aromatic heterocycles. The number of methoxy groups -OCH3 is 1. The van der Waals surface area contributed by atoms with Crippen LogP contribution in [-0.2, 0) is 6.54 Å². The summed E-state index contributed by atoms with van der Waals surface area (Å²) in [6.45, 7) is 4.85. The zero-order chi connectivity index (χ0) is 20.4. The number of aromatic nitrogens is 2. The SMILES string of the molecule is CCCn1c(N2CCC(c3ccccc3OC)CC2)nc2cc(C(=O)O)ccc21. The van der Waals surface area contributed by atoms with Gasteiger partial charge in [0.15, 0.2) is 0 Å². The number of carboxylic acid groups (broad SMARTS) is 1. The van der Waals surface area contributed by atoms with Gasteiger partial charge in [0.1, 0.15) is 5.75 Å². The molecule has 1 fully saturated rings. The van der Waals surface area contributed by atoms with Crippen molar-refractivity contribution in [2.45, 2.75) is 38.6 Å². The number of para-hydroxylation sites is 1. The van der Waals surface area contributed by atoms with E-state index in [1.165, 1.54) is 5.56 Å². The number of benzene rings is 2. The van der Waals surface area contributed by atoms with Crippen molar-refractivity contribution < 1.29 is 14.6 Å². The Hall–Kier alpha value is -3.02. The Balaban J connectivity index is 1.60. The molecule has 0 unspecified atom stereocenters. The number of anilines is 1. The van der Waals surface area contributed by atoms with Gasteiger partial charge < -0.3 is 19.3 Å². The molecule has 4 rings (SSSR count). The number of nitrogens with zero attached hydrogens (tertiary/aromatic N) is 3. The summed E-state index contributed by atoms with van der Waals surface area (Å²) in [6, 6.07) is 13.5. The predicted molar refractivity (Wildman–Crippen MR) is 114 cm³/mol. The second kappa shape index (κ2) is 8.15. The Labute approximate surface area is 170 Å². The first-order valence-corrected chi connectivity index (χ1v) is 10.2. The minimum Gasteiger partial charge on any atom is -0.496 e. The van der Waals surface area contributed by atoms with E-state index in [9.17, 15) is 9.90 Å². The quantitative estimate of drug-likeness (QED) is 0.666. The van der Waals surface area contributed by atoms with Gasteiger partial charge in [-0.1, -0.05) is 25.1 Å². The van der Waals surface area contributed by atoms with E-state index < -0.39 is 5.97 Å². The Kier molecular flexibility index (Phi) is 5.43. The highest BCUT2D eigenvalue weighted by Crippen LogP contribution is 2.36. The number of carboxylic acids is 1. The summed E-state index contributed by atoms with van der Waals surface area (Å²) in [7, 11) is 1.73. The molecule has 0 radical (unpaired) electrons. The number of aromatic carboxylic acids is 1. The van der Waals surface area contributed by atoms with E-state index in [-0.39, 0.29) is 5.56 Å². The molecule has 0 amide bonds. The topological polar surface area (TPSA) is 67.6 Å². The van der Waals surface area contributed by atoms with E-state index in [2.05, 4.69) is 28.5 Å². The molecule has 0 spiro atoms. The number of ether oxygens (including phenoxy) is 1. The second-order valence-electron chi connectivity index (χ2n) is 7.58. The van der Waals surface area contributed by atoms with Crippen molar-refractivity contribution in [3.8, 4) is 5.75 Å². The number of aryl methyl sites for hydroxylation is 1. The molecule has 0 saturated carbocycles. The normalized spacial score (nSPS) is 15.0. The Morgan fingerprint density at radius 2 is 1.97 bits per heavy atom. The Bertz CT molecular complexity index is 1020. The zero-order valence-electron chi connectivity index (χ0n) is 17.0. The first-order valence-electron chi connectivity index (χ1n) is 10.2. The van der Waals surface area contributed by atoms with Crippen LogP contribution >= 0.6 is 0 Å². The summed E-state index contributed by atoms with van der Waals surface area (Å²) in [4.78, 5) is 18.5. The molecular formula is C23H27N3O3. The lowest BCUT2D eigenvalue weighted by Crippen LogP contribution is -2.35. The number of rotatable bonds is 6. The van der Waals surface area contributed by atoms with Crippen LogP contribution < -0.4 is 9.64 Å². The monoisotopic (exact) mass is 393 g/mol. The molecule has 0 atom stereocenters. The van der Waals surface area contributed by atoms with E-state index in [0.29, 0.717) is 5.92 Å². The molecule has 0 bridgehead atoms. The molecule has 6 nitrogen and oxygen atoms in total. The van der Waals surface area contributed by atoms with Gasteiger partial charge in [0.2, 0.25) is 5.95 Å².